The molecule has 1 fully saturated rings. The zero-order chi connectivity index (χ0) is 13.4. The normalized spacial score (nSPS) is 15.3. The number of furan rings is 1. The largest absolute Gasteiger partial charge is 0.458 e. The first kappa shape index (κ1) is 13.3. The molecule has 0 amide bonds. The van der Waals surface area contributed by atoms with Crippen molar-refractivity contribution in [1.82, 2.24) is 5.32 Å². The summed E-state index contributed by atoms with van der Waals surface area (Å²) in [5, 5.41) is 5.84. The van der Waals surface area contributed by atoms with E-state index in [4.69, 9.17) is 27.6 Å². The summed E-state index contributed by atoms with van der Waals surface area (Å²) in [5.41, 5.74) is 1.93. The quantitative estimate of drug-likeness (QED) is 0.845. The molecule has 3 rings (SSSR count). The summed E-state index contributed by atoms with van der Waals surface area (Å²) in [6.45, 7) is 2.93. The van der Waals surface area contributed by atoms with Gasteiger partial charge in [-0.05, 0) is 31.4 Å². The molecule has 0 radical (unpaired) electrons. The lowest BCUT2D eigenvalue weighted by Crippen LogP contribution is -2.15. The lowest BCUT2D eigenvalue weighted by molar-refractivity contribution is 0.506. The van der Waals surface area contributed by atoms with Gasteiger partial charge in [0.1, 0.15) is 5.76 Å². The number of hydrogen-bond donors (Lipinski definition) is 1. The number of hydrogen-bond acceptors (Lipinski definition) is 2. The van der Waals surface area contributed by atoms with Crippen LogP contribution in [0, 0.1) is 0 Å². The molecule has 2 nitrogen and oxygen atoms in total. The summed E-state index contributed by atoms with van der Waals surface area (Å²) in [7, 11) is 0. The van der Waals surface area contributed by atoms with Gasteiger partial charge in [0.25, 0.3) is 0 Å². The second-order valence-corrected chi connectivity index (χ2v) is 5.96. The molecular weight excluding hydrogens is 281 g/mol. The Morgan fingerprint density at radius 3 is 2.68 bits per heavy atom. The van der Waals surface area contributed by atoms with Crippen LogP contribution in [0.1, 0.15) is 37.5 Å². The van der Waals surface area contributed by atoms with Gasteiger partial charge >= 0.3 is 0 Å². The maximum absolute atomic E-state index is 6.32. The topological polar surface area (TPSA) is 25.2 Å². The van der Waals surface area contributed by atoms with E-state index in [2.05, 4.69) is 12.2 Å². The van der Waals surface area contributed by atoms with E-state index in [0.29, 0.717) is 11.1 Å². The summed E-state index contributed by atoms with van der Waals surface area (Å²) in [6.07, 6.45) is 4.57. The third-order valence-electron chi connectivity index (χ3n) is 3.55. The number of benzene rings is 1. The summed E-state index contributed by atoms with van der Waals surface area (Å²) in [5.74, 6) is 0.985. The molecule has 1 N–H and O–H groups in total. The highest BCUT2D eigenvalue weighted by molar-refractivity contribution is 6.40. The van der Waals surface area contributed by atoms with Crippen molar-refractivity contribution in [1.29, 1.82) is 0 Å². The molecule has 19 heavy (non-hydrogen) atoms. The van der Waals surface area contributed by atoms with Crippen LogP contribution in [0.2, 0.25) is 10.0 Å². The Morgan fingerprint density at radius 1 is 1.26 bits per heavy atom. The van der Waals surface area contributed by atoms with Crippen LogP contribution < -0.4 is 5.32 Å². The van der Waals surface area contributed by atoms with Gasteiger partial charge in [-0.25, -0.2) is 0 Å². The number of halogens is 2. The van der Waals surface area contributed by atoms with Gasteiger partial charge in [0.15, 0.2) is 5.58 Å². The first-order valence-electron chi connectivity index (χ1n) is 6.82. The minimum Gasteiger partial charge on any atom is -0.458 e. The van der Waals surface area contributed by atoms with Gasteiger partial charge in [-0.15, -0.1) is 0 Å². The monoisotopic (exact) mass is 297 g/mol. The van der Waals surface area contributed by atoms with Gasteiger partial charge in [-0.2, -0.15) is 0 Å². The van der Waals surface area contributed by atoms with Gasteiger partial charge in [0.05, 0.1) is 16.6 Å². The van der Waals surface area contributed by atoms with Crippen LogP contribution in [0.25, 0.3) is 11.0 Å². The molecule has 0 bridgehead atoms. The standard InChI is InChI=1S/C15H17Cl2NO/c1-2-3-10-13(8-18-9-4-5-9)19-15-12(17)7-6-11(16)14(10)15/h6-7,9,18H,2-5,8H2,1H3. The smallest absolute Gasteiger partial charge is 0.154 e. The van der Waals surface area contributed by atoms with E-state index in [1.807, 2.05) is 6.07 Å². The number of rotatable bonds is 5. The van der Waals surface area contributed by atoms with E-state index < -0.39 is 0 Å². The van der Waals surface area contributed by atoms with Crippen molar-refractivity contribution in [2.45, 2.75) is 45.2 Å². The third kappa shape index (κ3) is 2.62. The second kappa shape index (κ2) is 5.35. The predicted octanol–water partition coefficient (Wildman–Crippen LogP) is 4.94. The van der Waals surface area contributed by atoms with Crippen LogP contribution in [0.3, 0.4) is 0 Å². The molecule has 2 aromatic rings. The van der Waals surface area contributed by atoms with E-state index in [1.165, 1.54) is 18.4 Å². The van der Waals surface area contributed by atoms with Crippen molar-refractivity contribution in [2.75, 3.05) is 0 Å². The van der Waals surface area contributed by atoms with Gasteiger partial charge < -0.3 is 9.73 Å². The number of aryl methyl sites for hydroxylation is 1. The molecule has 1 aromatic carbocycles. The van der Waals surface area contributed by atoms with Crippen LogP contribution in [0.15, 0.2) is 16.5 Å². The van der Waals surface area contributed by atoms with Crippen LogP contribution in [-0.2, 0) is 13.0 Å². The van der Waals surface area contributed by atoms with Crippen LogP contribution in [0.5, 0.6) is 0 Å². The van der Waals surface area contributed by atoms with Crippen LogP contribution in [-0.4, -0.2) is 6.04 Å². The SMILES string of the molecule is CCCc1c(CNC2CC2)oc2c(Cl)ccc(Cl)c12. The average molecular weight is 298 g/mol. The molecule has 0 unspecified atom stereocenters. The second-order valence-electron chi connectivity index (χ2n) is 5.14. The summed E-state index contributed by atoms with van der Waals surface area (Å²) >= 11 is 12.5. The number of fused-ring (bicyclic) bond motifs is 1. The molecule has 0 spiro atoms. The molecule has 1 aliphatic rings. The van der Waals surface area contributed by atoms with Crippen molar-refractivity contribution in [3.05, 3.63) is 33.5 Å². The average Bonchev–Trinajstić information content (AvgIpc) is 3.15. The third-order valence-corrected chi connectivity index (χ3v) is 4.16. The van der Waals surface area contributed by atoms with Crippen molar-refractivity contribution >= 4 is 34.2 Å². The maximum atomic E-state index is 6.32. The zero-order valence-electron chi connectivity index (χ0n) is 10.9. The van der Waals surface area contributed by atoms with E-state index in [-0.39, 0.29) is 0 Å². The lowest BCUT2D eigenvalue weighted by atomic mass is 10.1. The maximum Gasteiger partial charge on any atom is 0.154 e. The van der Waals surface area contributed by atoms with Gasteiger partial charge in [-0.1, -0.05) is 36.5 Å². The first-order valence-corrected chi connectivity index (χ1v) is 7.58. The van der Waals surface area contributed by atoms with Crippen molar-refractivity contribution in [2.24, 2.45) is 0 Å². The number of nitrogens with one attached hydrogen (secondary N) is 1. The molecule has 1 aromatic heterocycles. The van der Waals surface area contributed by atoms with Gasteiger partial charge in [0, 0.05) is 17.0 Å². The highest BCUT2D eigenvalue weighted by atomic mass is 35.5. The summed E-state index contributed by atoms with van der Waals surface area (Å²) in [6, 6.07) is 4.30. The molecule has 1 heterocycles. The molecule has 0 atom stereocenters. The van der Waals surface area contributed by atoms with E-state index in [1.54, 1.807) is 6.07 Å². The van der Waals surface area contributed by atoms with E-state index in [9.17, 15) is 0 Å². The Labute approximate surface area is 123 Å². The van der Waals surface area contributed by atoms with E-state index >= 15 is 0 Å². The summed E-state index contributed by atoms with van der Waals surface area (Å²) in [4.78, 5) is 0. The molecule has 102 valence electrons. The van der Waals surface area contributed by atoms with E-state index in [0.717, 1.165) is 41.1 Å². The lowest BCUT2D eigenvalue weighted by Gasteiger charge is -2.03. The predicted molar refractivity (Wildman–Crippen MR) is 80.1 cm³/mol. The fourth-order valence-electron chi connectivity index (χ4n) is 2.42. The van der Waals surface area contributed by atoms with Crippen molar-refractivity contribution in [3.8, 4) is 0 Å². The Kier molecular flexibility index (Phi) is 3.75. The fourth-order valence-corrected chi connectivity index (χ4v) is 2.88. The molecule has 1 aliphatic carbocycles. The van der Waals surface area contributed by atoms with Crippen LogP contribution >= 0.6 is 23.2 Å². The molecule has 1 saturated carbocycles. The molecular formula is C15H17Cl2NO. The summed E-state index contributed by atoms with van der Waals surface area (Å²) < 4.78 is 5.96. The first-order chi connectivity index (χ1) is 9.20. The Morgan fingerprint density at radius 2 is 2.00 bits per heavy atom. The van der Waals surface area contributed by atoms with Gasteiger partial charge in [0.2, 0.25) is 0 Å². The Hall–Kier alpha value is -0.700. The Bertz CT molecular complexity index is 602. The molecule has 0 saturated heterocycles. The highest BCUT2D eigenvalue weighted by Gasteiger charge is 2.23. The highest BCUT2D eigenvalue weighted by Crippen LogP contribution is 2.37. The minimum atomic E-state index is 0.634. The minimum absolute atomic E-state index is 0.634. The molecule has 0 aliphatic heterocycles. The van der Waals surface area contributed by atoms with Gasteiger partial charge in [-0.3, -0.25) is 0 Å². The van der Waals surface area contributed by atoms with Crippen LogP contribution in [0.4, 0.5) is 0 Å². The zero-order valence-corrected chi connectivity index (χ0v) is 12.4. The van der Waals surface area contributed by atoms with Crippen molar-refractivity contribution in [3.63, 3.8) is 0 Å². The van der Waals surface area contributed by atoms with Crippen molar-refractivity contribution < 1.29 is 4.42 Å². The Balaban J connectivity index is 2.05. The molecule has 4 heteroatoms. The fraction of sp³-hybridized carbons (Fsp3) is 0.467.